The van der Waals surface area contributed by atoms with Gasteiger partial charge >= 0.3 is 0 Å². The van der Waals surface area contributed by atoms with Gasteiger partial charge in [-0.15, -0.1) is 0 Å². The molecule has 0 radical (unpaired) electrons. The number of likely N-dealkylation sites (tertiary alicyclic amines) is 1. The van der Waals surface area contributed by atoms with Crippen molar-refractivity contribution < 1.29 is 9.59 Å². The second kappa shape index (κ2) is 6.32. The molecule has 0 spiro atoms. The maximum atomic E-state index is 12.2. The SMILES string of the molecule is CCNCCCCN1C(=O)CC(C(C)(C)C)C1=O. The Balaban J connectivity index is 2.43. The molecular formula is C14H26N2O2. The summed E-state index contributed by atoms with van der Waals surface area (Å²) < 4.78 is 0. The van der Waals surface area contributed by atoms with Gasteiger partial charge in [0, 0.05) is 13.0 Å². The highest BCUT2D eigenvalue weighted by Gasteiger charge is 2.44. The lowest BCUT2D eigenvalue weighted by Gasteiger charge is -2.24. The van der Waals surface area contributed by atoms with Crippen molar-refractivity contribution >= 4 is 11.8 Å². The quantitative estimate of drug-likeness (QED) is 0.581. The van der Waals surface area contributed by atoms with E-state index in [2.05, 4.69) is 12.2 Å². The van der Waals surface area contributed by atoms with Gasteiger partial charge in [0.05, 0.1) is 5.92 Å². The Kier molecular flexibility index (Phi) is 5.32. The third kappa shape index (κ3) is 3.80. The second-order valence-electron chi connectivity index (χ2n) is 6.07. The Labute approximate surface area is 110 Å². The summed E-state index contributed by atoms with van der Waals surface area (Å²) in [5.41, 5.74) is -0.120. The van der Waals surface area contributed by atoms with Crippen LogP contribution in [0.4, 0.5) is 0 Å². The van der Waals surface area contributed by atoms with Gasteiger partial charge in [-0.3, -0.25) is 14.5 Å². The van der Waals surface area contributed by atoms with Crippen molar-refractivity contribution in [2.45, 2.75) is 47.0 Å². The van der Waals surface area contributed by atoms with Gasteiger partial charge in [-0.2, -0.15) is 0 Å². The molecule has 4 heteroatoms. The Morgan fingerprint density at radius 1 is 1.28 bits per heavy atom. The molecule has 0 aromatic rings. The first kappa shape index (κ1) is 15.2. The van der Waals surface area contributed by atoms with Crippen molar-refractivity contribution in [3.8, 4) is 0 Å². The molecule has 18 heavy (non-hydrogen) atoms. The normalized spacial score (nSPS) is 20.9. The van der Waals surface area contributed by atoms with Crippen molar-refractivity contribution in [1.82, 2.24) is 10.2 Å². The Morgan fingerprint density at radius 2 is 1.94 bits per heavy atom. The van der Waals surface area contributed by atoms with Crippen molar-refractivity contribution in [3.63, 3.8) is 0 Å². The second-order valence-corrected chi connectivity index (χ2v) is 6.07. The van der Waals surface area contributed by atoms with Gasteiger partial charge in [-0.25, -0.2) is 0 Å². The van der Waals surface area contributed by atoms with Crippen LogP contribution in [0.3, 0.4) is 0 Å². The van der Waals surface area contributed by atoms with E-state index < -0.39 is 0 Å². The molecule has 1 N–H and O–H groups in total. The lowest BCUT2D eigenvalue weighted by atomic mass is 9.80. The van der Waals surface area contributed by atoms with E-state index in [-0.39, 0.29) is 23.1 Å². The zero-order chi connectivity index (χ0) is 13.8. The van der Waals surface area contributed by atoms with E-state index in [1.165, 1.54) is 4.90 Å². The van der Waals surface area contributed by atoms with Gasteiger partial charge in [-0.05, 0) is 31.3 Å². The summed E-state index contributed by atoms with van der Waals surface area (Å²) in [6.45, 7) is 10.6. The van der Waals surface area contributed by atoms with E-state index in [1.54, 1.807) is 0 Å². The standard InChI is InChI=1S/C14H26N2O2/c1-5-15-8-6-7-9-16-12(17)10-11(13(16)18)14(2,3)4/h11,15H,5-10H2,1-4H3. The van der Waals surface area contributed by atoms with Crippen LogP contribution in [-0.2, 0) is 9.59 Å². The van der Waals surface area contributed by atoms with Crippen LogP contribution in [0.1, 0.15) is 47.0 Å². The van der Waals surface area contributed by atoms with Gasteiger partial charge in [0.15, 0.2) is 0 Å². The summed E-state index contributed by atoms with van der Waals surface area (Å²) in [5, 5.41) is 3.24. The molecule has 1 aliphatic rings. The van der Waals surface area contributed by atoms with Gasteiger partial charge in [-0.1, -0.05) is 27.7 Å². The highest BCUT2D eigenvalue weighted by molar-refractivity contribution is 6.03. The first-order valence-corrected chi connectivity index (χ1v) is 6.93. The minimum Gasteiger partial charge on any atom is -0.317 e. The molecule has 0 aliphatic carbocycles. The monoisotopic (exact) mass is 254 g/mol. The molecule has 1 saturated heterocycles. The largest absolute Gasteiger partial charge is 0.317 e. The number of hydrogen-bond donors (Lipinski definition) is 1. The lowest BCUT2D eigenvalue weighted by Crippen LogP contribution is -2.35. The van der Waals surface area contributed by atoms with Crippen LogP contribution in [0.2, 0.25) is 0 Å². The first-order chi connectivity index (χ1) is 8.38. The Hall–Kier alpha value is -0.900. The van der Waals surface area contributed by atoms with Crippen LogP contribution < -0.4 is 5.32 Å². The molecule has 1 rings (SSSR count). The number of carbonyl (C=O) groups is 2. The number of carbonyl (C=O) groups excluding carboxylic acids is 2. The molecular weight excluding hydrogens is 228 g/mol. The average molecular weight is 254 g/mol. The molecule has 1 unspecified atom stereocenters. The van der Waals surface area contributed by atoms with E-state index in [0.29, 0.717) is 13.0 Å². The summed E-state index contributed by atoms with van der Waals surface area (Å²) in [6.07, 6.45) is 2.28. The first-order valence-electron chi connectivity index (χ1n) is 6.93. The van der Waals surface area contributed by atoms with Crippen molar-refractivity contribution in [2.24, 2.45) is 11.3 Å². The van der Waals surface area contributed by atoms with Crippen LogP contribution in [0, 0.1) is 11.3 Å². The fraction of sp³-hybridized carbons (Fsp3) is 0.857. The van der Waals surface area contributed by atoms with Crippen LogP contribution >= 0.6 is 0 Å². The fourth-order valence-corrected chi connectivity index (χ4v) is 2.29. The van der Waals surface area contributed by atoms with Crippen molar-refractivity contribution in [3.05, 3.63) is 0 Å². The maximum Gasteiger partial charge on any atom is 0.233 e. The molecule has 104 valence electrons. The maximum absolute atomic E-state index is 12.2. The Morgan fingerprint density at radius 3 is 2.44 bits per heavy atom. The molecule has 1 atom stereocenters. The number of unbranched alkanes of at least 4 members (excludes halogenated alkanes) is 1. The number of hydrogen-bond acceptors (Lipinski definition) is 3. The van der Waals surface area contributed by atoms with Crippen LogP contribution in [-0.4, -0.2) is 36.3 Å². The van der Waals surface area contributed by atoms with Crippen molar-refractivity contribution in [2.75, 3.05) is 19.6 Å². The third-order valence-electron chi connectivity index (χ3n) is 3.52. The number of rotatable bonds is 6. The fourth-order valence-electron chi connectivity index (χ4n) is 2.29. The van der Waals surface area contributed by atoms with E-state index in [4.69, 9.17) is 0 Å². The zero-order valence-electron chi connectivity index (χ0n) is 12.1. The Bertz CT molecular complexity index is 307. The minimum atomic E-state index is -0.140. The topological polar surface area (TPSA) is 49.4 Å². The summed E-state index contributed by atoms with van der Waals surface area (Å²) in [7, 11) is 0. The van der Waals surface area contributed by atoms with E-state index in [9.17, 15) is 9.59 Å². The molecule has 0 bridgehead atoms. The lowest BCUT2D eigenvalue weighted by molar-refractivity contribution is -0.140. The van der Waals surface area contributed by atoms with Crippen LogP contribution in [0.15, 0.2) is 0 Å². The third-order valence-corrected chi connectivity index (χ3v) is 3.52. The van der Waals surface area contributed by atoms with E-state index >= 15 is 0 Å². The van der Waals surface area contributed by atoms with Crippen molar-refractivity contribution in [1.29, 1.82) is 0 Å². The van der Waals surface area contributed by atoms with Gasteiger partial charge in [0.25, 0.3) is 0 Å². The predicted molar refractivity (Wildman–Crippen MR) is 72.1 cm³/mol. The molecule has 4 nitrogen and oxygen atoms in total. The molecule has 2 amide bonds. The summed E-state index contributed by atoms with van der Waals surface area (Å²) >= 11 is 0. The molecule has 0 aromatic heterocycles. The molecule has 0 aromatic carbocycles. The van der Waals surface area contributed by atoms with E-state index in [1.807, 2.05) is 20.8 Å². The summed E-state index contributed by atoms with van der Waals surface area (Å²) in [4.78, 5) is 25.5. The average Bonchev–Trinajstić information content (AvgIpc) is 2.55. The number of imide groups is 1. The van der Waals surface area contributed by atoms with Gasteiger partial charge in [0.1, 0.15) is 0 Å². The number of amides is 2. The van der Waals surface area contributed by atoms with E-state index in [0.717, 1.165) is 25.9 Å². The molecule has 1 aliphatic heterocycles. The highest BCUT2D eigenvalue weighted by Crippen LogP contribution is 2.35. The number of nitrogens with one attached hydrogen (secondary N) is 1. The zero-order valence-corrected chi connectivity index (χ0v) is 12.1. The predicted octanol–water partition coefficient (Wildman–Crippen LogP) is 1.80. The highest BCUT2D eigenvalue weighted by atomic mass is 16.2. The smallest absolute Gasteiger partial charge is 0.233 e. The summed E-state index contributed by atoms with van der Waals surface area (Å²) in [6, 6.07) is 0. The van der Waals surface area contributed by atoms with Gasteiger partial charge in [0.2, 0.25) is 11.8 Å². The number of nitrogens with zero attached hydrogens (tertiary/aromatic N) is 1. The summed E-state index contributed by atoms with van der Waals surface area (Å²) in [5.74, 6) is -0.113. The minimum absolute atomic E-state index is 0.00313. The molecule has 1 fully saturated rings. The molecule has 1 heterocycles. The van der Waals surface area contributed by atoms with Crippen LogP contribution in [0.25, 0.3) is 0 Å². The molecule has 0 saturated carbocycles. The van der Waals surface area contributed by atoms with Gasteiger partial charge < -0.3 is 5.32 Å². The van der Waals surface area contributed by atoms with Crippen LogP contribution in [0.5, 0.6) is 0 Å².